The Hall–Kier alpha value is -0.650. The molecule has 0 N–H and O–H groups in total. The van der Waals surface area contributed by atoms with Crippen LogP contribution in [0.3, 0.4) is 0 Å². The quantitative estimate of drug-likeness (QED) is 0.752. The lowest BCUT2D eigenvalue weighted by atomic mass is 9.95. The molecule has 2 rings (SSSR count). The van der Waals surface area contributed by atoms with Gasteiger partial charge in [-0.3, -0.25) is 4.79 Å². The lowest BCUT2D eigenvalue weighted by molar-refractivity contribution is -0.157. The maximum absolute atomic E-state index is 12.3. The van der Waals surface area contributed by atoms with Gasteiger partial charge in [-0.15, -0.1) is 0 Å². The average Bonchev–Trinajstić information content (AvgIpc) is 2.55. The first-order valence-corrected chi connectivity index (χ1v) is 8.30. The topological polar surface area (TPSA) is 48.0 Å². The number of morpholine rings is 1. The minimum Gasteiger partial charge on any atom is -0.376 e. The van der Waals surface area contributed by atoms with Gasteiger partial charge in [0, 0.05) is 19.7 Å². The van der Waals surface area contributed by atoms with Gasteiger partial charge in [0.05, 0.1) is 24.9 Å². The summed E-state index contributed by atoms with van der Waals surface area (Å²) in [6.07, 6.45) is 5.41. The fraction of sp³-hybridized carbons (Fsp3) is 0.938. The highest BCUT2D eigenvalue weighted by molar-refractivity contribution is 5.77. The minimum atomic E-state index is -0.166. The Balaban J connectivity index is 1.72. The SMILES string of the molecule is CCC1(CC)CN(C(=O)COC[C@@H]2CCCCO2)CCO1. The van der Waals surface area contributed by atoms with Crippen molar-refractivity contribution in [2.45, 2.75) is 57.7 Å². The molecule has 0 aliphatic carbocycles. The Morgan fingerprint density at radius 1 is 1.29 bits per heavy atom. The maximum atomic E-state index is 12.3. The Morgan fingerprint density at radius 2 is 2.10 bits per heavy atom. The molecular weight excluding hydrogens is 270 g/mol. The van der Waals surface area contributed by atoms with Crippen LogP contribution in [0.4, 0.5) is 0 Å². The van der Waals surface area contributed by atoms with Crippen molar-refractivity contribution < 1.29 is 19.0 Å². The molecule has 0 aromatic rings. The molecule has 2 heterocycles. The van der Waals surface area contributed by atoms with E-state index in [2.05, 4.69) is 13.8 Å². The molecular formula is C16H29NO4. The number of rotatable bonds is 6. The van der Waals surface area contributed by atoms with Gasteiger partial charge < -0.3 is 19.1 Å². The van der Waals surface area contributed by atoms with Gasteiger partial charge in [0.25, 0.3) is 0 Å². The van der Waals surface area contributed by atoms with Crippen molar-refractivity contribution in [3.05, 3.63) is 0 Å². The third kappa shape index (κ3) is 4.66. The number of hydrogen-bond acceptors (Lipinski definition) is 4. The smallest absolute Gasteiger partial charge is 0.248 e. The van der Waals surface area contributed by atoms with Crippen LogP contribution in [0, 0.1) is 0 Å². The zero-order valence-corrected chi connectivity index (χ0v) is 13.4. The van der Waals surface area contributed by atoms with E-state index in [1.165, 1.54) is 6.42 Å². The highest BCUT2D eigenvalue weighted by Gasteiger charge is 2.35. The summed E-state index contributed by atoms with van der Waals surface area (Å²) in [7, 11) is 0. The van der Waals surface area contributed by atoms with E-state index in [0.29, 0.717) is 26.3 Å². The van der Waals surface area contributed by atoms with Crippen LogP contribution in [0.1, 0.15) is 46.0 Å². The monoisotopic (exact) mass is 299 g/mol. The van der Waals surface area contributed by atoms with Crippen molar-refractivity contribution >= 4 is 5.91 Å². The van der Waals surface area contributed by atoms with Crippen molar-refractivity contribution in [3.63, 3.8) is 0 Å². The Kier molecular flexibility index (Phi) is 6.45. The molecule has 5 nitrogen and oxygen atoms in total. The fourth-order valence-electron chi connectivity index (χ4n) is 3.04. The summed E-state index contributed by atoms with van der Waals surface area (Å²) in [5, 5.41) is 0. The van der Waals surface area contributed by atoms with E-state index in [4.69, 9.17) is 14.2 Å². The predicted molar refractivity (Wildman–Crippen MR) is 80.3 cm³/mol. The van der Waals surface area contributed by atoms with Gasteiger partial charge in [0.2, 0.25) is 5.91 Å². The van der Waals surface area contributed by atoms with Crippen molar-refractivity contribution in [2.75, 3.05) is 39.5 Å². The van der Waals surface area contributed by atoms with E-state index in [1.54, 1.807) is 0 Å². The number of carbonyl (C=O) groups is 1. The summed E-state index contributed by atoms with van der Waals surface area (Å²) >= 11 is 0. The zero-order chi connectivity index (χ0) is 15.1. The molecule has 2 aliphatic rings. The largest absolute Gasteiger partial charge is 0.376 e. The first-order chi connectivity index (χ1) is 10.2. The fourth-order valence-corrected chi connectivity index (χ4v) is 3.04. The van der Waals surface area contributed by atoms with Crippen LogP contribution in [0.25, 0.3) is 0 Å². The molecule has 122 valence electrons. The number of nitrogens with zero attached hydrogens (tertiary/aromatic N) is 1. The Morgan fingerprint density at radius 3 is 2.76 bits per heavy atom. The molecule has 0 aromatic heterocycles. The molecule has 0 aromatic carbocycles. The van der Waals surface area contributed by atoms with Crippen molar-refractivity contribution in [1.82, 2.24) is 4.90 Å². The second-order valence-electron chi connectivity index (χ2n) is 6.06. The van der Waals surface area contributed by atoms with Gasteiger partial charge in [-0.1, -0.05) is 13.8 Å². The highest BCUT2D eigenvalue weighted by Crippen LogP contribution is 2.25. The maximum Gasteiger partial charge on any atom is 0.248 e. The molecule has 2 fully saturated rings. The Bertz CT molecular complexity index is 324. The summed E-state index contributed by atoms with van der Waals surface area (Å²) in [6.45, 7) is 7.72. The van der Waals surface area contributed by atoms with Gasteiger partial charge in [0.15, 0.2) is 0 Å². The molecule has 21 heavy (non-hydrogen) atoms. The third-order valence-corrected chi connectivity index (χ3v) is 4.69. The molecule has 0 radical (unpaired) electrons. The summed E-state index contributed by atoms with van der Waals surface area (Å²) in [5.74, 6) is 0.0698. The van der Waals surface area contributed by atoms with Crippen LogP contribution < -0.4 is 0 Å². The van der Waals surface area contributed by atoms with Gasteiger partial charge in [-0.2, -0.15) is 0 Å². The van der Waals surface area contributed by atoms with Gasteiger partial charge in [-0.25, -0.2) is 0 Å². The van der Waals surface area contributed by atoms with Gasteiger partial charge in [-0.05, 0) is 32.1 Å². The molecule has 0 bridgehead atoms. The first kappa shape index (κ1) is 16.7. The van der Waals surface area contributed by atoms with Crippen LogP contribution in [0.15, 0.2) is 0 Å². The van der Waals surface area contributed by atoms with Crippen molar-refractivity contribution in [1.29, 1.82) is 0 Å². The average molecular weight is 299 g/mol. The molecule has 0 unspecified atom stereocenters. The second-order valence-corrected chi connectivity index (χ2v) is 6.06. The van der Waals surface area contributed by atoms with Crippen molar-refractivity contribution in [3.8, 4) is 0 Å². The molecule has 1 atom stereocenters. The zero-order valence-electron chi connectivity index (χ0n) is 13.4. The molecule has 5 heteroatoms. The highest BCUT2D eigenvalue weighted by atomic mass is 16.5. The van der Waals surface area contributed by atoms with Gasteiger partial charge in [0.1, 0.15) is 6.61 Å². The lowest BCUT2D eigenvalue weighted by Crippen LogP contribution is -2.54. The molecule has 2 saturated heterocycles. The summed E-state index contributed by atoms with van der Waals surface area (Å²) < 4.78 is 17.1. The first-order valence-electron chi connectivity index (χ1n) is 8.30. The minimum absolute atomic E-state index is 0.0698. The normalized spacial score (nSPS) is 25.8. The number of hydrogen-bond donors (Lipinski definition) is 0. The summed E-state index contributed by atoms with van der Waals surface area (Å²) in [5.41, 5.74) is -0.166. The van der Waals surface area contributed by atoms with Crippen LogP contribution >= 0.6 is 0 Å². The number of carbonyl (C=O) groups excluding carboxylic acids is 1. The van der Waals surface area contributed by atoms with Crippen molar-refractivity contribution in [2.24, 2.45) is 0 Å². The van der Waals surface area contributed by atoms with Gasteiger partial charge >= 0.3 is 0 Å². The molecule has 1 amide bonds. The standard InChI is InChI=1S/C16H29NO4/c1-3-16(4-2)13-17(8-10-21-16)15(18)12-19-11-14-7-5-6-9-20-14/h14H,3-13H2,1-2H3/t14-/m0/s1. The van der Waals surface area contributed by atoms with E-state index in [-0.39, 0.29) is 24.2 Å². The van der Waals surface area contributed by atoms with Crippen LogP contribution in [-0.2, 0) is 19.0 Å². The number of amides is 1. The molecule has 0 saturated carbocycles. The predicted octanol–water partition coefficient (Wildman–Crippen LogP) is 1.99. The van der Waals surface area contributed by atoms with E-state index < -0.39 is 0 Å². The molecule has 2 aliphatic heterocycles. The Labute approximate surface area is 127 Å². The van der Waals surface area contributed by atoms with E-state index in [9.17, 15) is 4.79 Å². The van der Waals surface area contributed by atoms with E-state index in [1.807, 2.05) is 4.90 Å². The van der Waals surface area contributed by atoms with Crippen LogP contribution in [0.2, 0.25) is 0 Å². The number of ether oxygens (including phenoxy) is 3. The molecule has 0 spiro atoms. The summed E-state index contributed by atoms with van der Waals surface area (Å²) in [6, 6.07) is 0. The third-order valence-electron chi connectivity index (χ3n) is 4.69. The summed E-state index contributed by atoms with van der Waals surface area (Å²) in [4.78, 5) is 14.2. The van der Waals surface area contributed by atoms with E-state index >= 15 is 0 Å². The van der Waals surface area contributed by atoms with Crippen LogP contribution in [-0.4, -0.2) is 62.0 Å². The van der Waals surface area contributed by atoms with E-state index in [0.717, 1.165) is 32.3 Å². The van der Waals surface area contributed by atoms with Crippen LogP contribution in [0.5, 0.6) is 0 Å². The second kappa shape index (κ2) is 8.11. The lowest BCUT2D eigenvalue weighted by Gasteiger charge is -2.42.